The number of halogens is 1. The van der Waals surface area contributed by atoms with E-state index in [-0.39, 0.29) is 10.8 Å². The number of nitrogens with one attached hydrogen (secondary N) is 1. The quantitative estimate of drug-likeness (QED) is 0.672. The van der Waals surface area contributed by atoms with E-state index in [0.717, 1.165) is 28.1 Å². The average molecular weight is 400 g/mol. The molecule has 0 aliphatic rings. The van der Waals surface area contributed by atoms with E-state index < -0.39 is 0 Å². The van der Waals surface area contributed by atoms with Crippen LogP contribution in [-0.2, 0) is 12.5 Å². The van der Waals surface area contributed by atoms with Crippen molar-refractivity contribution in [1.29, 1.82) is 0 Å². The standard InChI is InChI=1S/C22H26ClN3O2/c1-12-8-16(22(3,4)5)17(23)9-14(12)18-10-19(27)20(13(2)24-18)15-11-26(6)25-21(15)28-7/h8-11H,1-7H3,(H,24,27). The number of aromatic nitrogens is 3. The van der Waals surface area contributed by atoms with Gasteiger partial charge in [0.2, 0.25) is 5.88 Å². The fourth-order valence-electron chi connectivity index (χ4n) is 3.51. The van der Waals surface area contributed by atoms with Gasteiger partial charge in [-0.15, -0.1) is 5.10 Å². The van der Waals surface area contributed by atoms with Gasteiger partial charge in [0.1, 0.15) is 0 Å². The first kappa shape index (κ1) is 20.2. The van der Waals surface area contributed by atoms with Crippen molar-refractivity contribution in [2.45, 2.75) is 40.0 Å². The number of methoxy groups -OCH3 is 1. The van der Waals surface area contributed by atoms with Crippen molar-refractivity contribution in [2.75, 3.05) is 7.11 Å². The second-order valence-electron chi connectivity index (χ2n) is 8.17. The lowest BCUT2D eigenvalue weighted by atomic mass is 9.85. The van der Waals surface area contributed by atoms with Crippen molar-refractivity contribution in [3.05, 3.63) is 56.5 Å². The molecule has 0 unspecified atom stereocenters. The fourth-order valence-corrected chi connectivity index (χ4v) is 3.95. The van der Waals surface area contributed by atoms with E-state index in [0.29, 0.717) is 22.0 Å². The van der Waals surface area contributed by atoms with Crippen LogP contribution in [0.2, 0.25) is 5.02 Å². The maximum absolute atomic E-state index is 13.0. The van der Waals surface area contributed by atoms with E-state index in [9.17, 15) is 4.79 Å². The van der Waals surface area contributed by atoms with Crippen molar-refractivity contribution in [3.8, 4) is 28.3 Å². The van der Waals surface area contributed by atoms with E-state index in [2.05, 4.69) is 36.9 Å². The van der Waals surface area contributed by atoms with Crippen LogP contribution in [0.15, 0.2) is 29.2 Å². The van der Waals surface area contributed by atoms with Gasteiger partial charge in [0.25, 0.3) is 0 Å². The molecule has 1 aromatic carbocycles. The summed E-state index contributed by atoms with van der Waals surface area (Å²) < 4.78 is 6.96. The number of aromatic amines is 1. The Balaban J connectivity index is 2.16. The van der Waals surface area contributed by atoms with E-state index in [1.807, 2.05) is 19.9 Å². The van der Waals surface area contributed by atoms with E-state index in [4.69, 9.17) is 16.3 Å². The van der Waals surface area contributed by atoms with Gasteiger partial charge in [0.15, 0.2) is 5.43 Å². The molecule has 0 amide bonds. The molecule has 0 aliphatic heterocycles. The van der Waals surface area contributed by atoms with Crippen molar-refractivity contribution >= 4 is 11.6 Å². The third kappa shape index (κ3) is 3.59. The zero-order chi connectivity index (χ0) is 20.8. The molecule has 0 saturated carbocycles. The number of H-pyrrole nitrogens is 1. The number of hydrogen-bond donors (Lipinski definition) is 1. The highest BCUT2D eigenvalue weighted by Gasteiger charge is 2.21. The lowest BCUT2D eigenvalue weighted by Gasteiger charge is -2.22. The summed E-state index contributed by atoms with van der Waals surface area (Å²) in [7, 11) is 3.35. The first-order valence-corrected chi connectivity index (χ1v) is 9.53. The van der Waals surface area contributed by atoms with E-state index in [1.54, 1.807) is 31.1 Å². The third-order valence-corrected chi connectivity index (χ3v) is 5.20. The monoisotopic (exact) mass is 399 g/mol. The molecule has 5 nitrogen and oxygen atoms in total. The SMILES string of the molecule is COc1nn(C)cc1-c1c(C)[nH]c(-c2cc(Cl)c(C(C)(C)C)cc2C)cc1=O. The van der Waals surface area contributed by atoms with Gasteiger partial charge < -0.3 is 9.72 Å². The molecule has 0 bridgehead atoms. The first-order valence-electron chi connectivity index (χ1n) is 9.16. The molecule has 28 heavy (non-hydrogen) atoms. The zero-order valence-electron chi connectivity index (χ0n) is 17.4. The molecule has 2 aromatic heterocycles. The summed E-state index contributed by atoms with van der Waals surface area (Å²) in [5, 5.41) is 4.95. The van der Waals surface area contributed by atoms with Crippen LogP contribution in [-0.4, -0.2) is 21.9 Å². The fraction of sp³-hybridized carbons (Fsp3) is 0.364. The smallest absolute Gasteiger partial charge is 0.240 e. The number of nitrogens with zero attached hydrogens (tertiary/aromatic N) is 2. The average Bonchev–Trinajstić information content (AvgIpc) is 2.95. The molecular weight excluding hydrogens is 374 g/mol. The zero-order valence-corrected chi connectivity index (χ0v) is 18.2. The van der Waals surface area contributed by atoms with E-state index in [1.165, 1.54) is 0 Å². The lowest BCUT2D eigenvalue weighted by Crippen LogP contribution is -2.13. The van der Waals surface area contributed by atoms with Gasteiger partial charge >= 0.3 is 0 Å². The summed E-state index contributed by atoms with van der Waals surface area (Å²) in [5.41, 5.74) is 5.66. The molecule has 148 valence electrons. The molecule has 0 radical (unpaired) electrons. The molecule has 2 heterocycles. The molecule has 0 fully saturated rings. The van der Waals surface area contributed by atoms with Gasteiger partial charge in [-0.25, -0.2) is 0 Å². The van der Waals surface area contributed by atoms with Crippen LogP contribution in [0.25, 0.3) is 22.4 Å². The van der Waals surface area contributed by atoms with Gasteiger partial charge in [0.05, 0.1) is 18.2 Å². The van der Waals surface area contributed by atoms with Crippen molar-refractivity contribution in [3.63, 3.8) is 0 Å². The van der Waals surface area contributed by atoms with E-state index >= 15 is 0 Å². The molecule has 0 saturated heterocycles. The summed E-state index contributed by atoms with van der Waals surface area (Å²) in [6, 6.07) is 5.65. The topological polar surface area (TPSA) is 59.9 Å². The number of ether oxygens (including phenoxy) is 1. The van der Waals surface area contributed by atoms with Crippen molar-refractivity contribution < 1.29 is 4.74 Å². The molecule has 6 heteroatoms. The van der Waals surface area contributed by atoms with Crippen molar-refractivity contribution in [1.82, 2.24) is 14.8 Å². The highest BCUT2D eigenvalue weighted by atomic mass is 35.5. The number of benzene rings is 1. The van der Waals surface area contributed by atoms with Crippen LogP contribution in [0.3, 0.4) is 0 Å². The third-order valence-electron chi connectivity index (χ3n) is 4.89. The molecule has 0 aliphatic carbocycles. The summed E-state index contributed by atoms with van der Waals surface area (Å²) in [6.45, 7) is 10.3. The molecule has 3 aromatic rings. The van der Waals surface area contributed by atoms with Gasteiger partial charge in [-0.05, 0) is 36.5 Å². The van der Waals surface area contributed by atoms with Gasteiger partial charge in [-0.3, -0.25) is 9.48 Å². The molecule has 3 rings (SSSR count). The summed E-state index contributed by atoms with van der Waals surface area (Å²) in [6.07, 6.45) is 1.79. The summed E-state index contributed by atoms with van der Waals surface area (Å²) in [5.74, 6) is 0.428. The van der Waals surface area contributed by atoms with Crippen LogP contribution in [0, 0.1) is 13.8 Å². The van der Waals surface area contributed by atoms with Gasteiger partial charge in [0, 0.05) is 41.3 Å². The van der Waals surface area contributed by atoms with Gasteiger partial charge in [-0.2, -0.15) is 0 Å². The predicted molar refractivity (Wildman–Crippen MR) is 114 cm³/mol. The summed E-state index contributed by atoms with van der Waals surface area (Å²) >= 11 is 6.57. The first-order chi connectivity index (χ1) is 13.0. The Kier molecular flexibility index (Phi) is 5.15. The molecule has 0 atom stereocenters. The Hall–Kier alpha value is -2.53. The minimum absolute atomic E-state index is 0.0512. The maximum Gasteiger partial charge on any atom is 0.240 e. The lowest BCUT2D eigenvalue weighted by molar-refractivity contribution is 0.393. The Morgan fingerprint density at radius 2 is 1.82 bits per heavy atom. The van der Waals surface area contributed by atoms with Crippen LogP contribution in [0.1, 0.15) is 37.6 Å². The Morgan fingerprint density at radius 3 is 2.39 bits per heavy atom. The second kappa shape index (κ2) is 7.13. The van der Waals surface area contributed by atoms with Crippen LogP contribution in [0.5, 0.6) is 5.88 Å². The number of aryl methyl sites for hydroxylation is 3. The molecular formula is C22H26ClN3O2. The summed E-state index contributed by atoms with van der Waals surface area (Å²) in [4.78, 5) is 16.4. The number of rotatable bonds is 3. The number of pyridine rings is 1. The Bertz CT molecular complexity index is 1100. The normalized spacial score (nSPS) is 11.7. The van der Waals surface area contributed by atoms with Crippen LogP contribution >= 0.6 is 11.6 Å². The predicted octanol–water partition coefficient (Wildman–Crippen LogP) is 5.02. The van der Waals surface area contributed by atoms with Crippen molar-refractivity contribution in [2.24, 2.45) is 7.05 Å². The van der Waals surface area contributed by atoms with Crippen LogP contribution < -0.4 is 10.2 Å². The highest BCUT2D eigenvalue weighted by Crippen LogP contribution is 2.35. The Morgan fingerprint density at radius 1 is 1.14 bits per heavy atom. The maximum atomic E-state index is 13.0. The highest BCUT2D eigenvalue weighted by molar-refractivity contribution is 6.31. The van der Waals surface area contributed by atoms with Gasteiger partial charge in [-0.1, -0.05) is 38.4 Å². The molecule has 0 spiro atoms. The largest absolute Gasteiger partial charge is 0.479 e. The van der Waals surface area contributed by atoms with Crippen LogP contribution in [0.4, 0.5) is 0 Å². The minimum atomic E-state index is -0.0898. The molecule has 1 N–H and O–H groups in total. The minimum Gasteiger partial charge on any atom is -0.479 e. The Labute approximate surface area is 170 Å². The number of hydrogen-bond acceptors (Lipinski definition) is 3. The second-order valence-corrected chi connectivity index (χ2v) is 8.58.